The van der Waals surface area contributed by atoms with Gasteiger partial charge in [-0.05, 0) is 37.3 Å². The zero-order valence-corrected chi connectivity index (χ0v) is 17.3. The van der Waals surface area contributed by atoms with Gasteiger partial charge in [-0.25, -0.2) is 9.07 Å². The lowest BCUT2D eigenvalue weighted by Gasteiger charge is -2.12. The highest BCUT2D eigenvalue weighted by atomic mass is 19.4. The molecule has 0 unspecified atom stereocenters. The molecule has 0 aliphatic heterocycles. The number of aromatic nitrogens is 3. The van der Waals surface area contributed by atoms with Crippen LogP contribution in [0.4, 0.5) is 23.2 Å². The highest BCUT2D eigenvalue weighted by Gasteiger charge is 2.31. The van der Waals surface area contributed by atoms with Gasteiger partial charge in [0.25, 0.3) is 5.56 Å². The number of carbonyl (C=O) groups is 1. The second kappa shape index (κ2) is 8.15. The summed E-state index contributed by atoms with van der Waals surface area (Å²) in [4.78, 5) is 24.4. The normalized spacial score (nSPS) is 11.7. The summed E-state index contributed by atoms with van der Waals surface area (Å²) in [6.45, 7) is 2.32. The van der Waals surface area contributed by atoms with Gasteiger partial charge in [-0.1, -0.05) is 17.3 Å². The Hall–Kier alpha value is -4.02. The van der Waals surface area contributed by atoms with Crippen molar-refractivity contribution in [3.63, 3.8) is 0 Å². The molecular weight excluding hydrogens is 444 g/mol. The third-order valence-corrected chi connectivity index (χ3v) is 4.90. The number of benzene rings is 2. The third-order valence-electron chi connectivity index (χ3n) is 4.90. The predicted octanol–water partition coefficient (Wildman–Crippen LogP) is 4.52. The zero-order chi connectivity index (χ0) is 23.9. The van der Waals surface area contributed by atoms with E-state index in [1.165, 1.54) is 13.8 Å². The third kappa shape index (κ3) is 4.34. The van der Waals surface area contributed by atoms with Gasteiger partial charge in [0, 0.05) is 23.7 Å². The minimum absolute atomic E-state index is 0.0670. The van der Waals surface area contributed by atoms with Gasteiger partial charge in [0.2, 0.25) is 11.5 Å². The van der Waals surface area contributed by atoms with Crippen LogP contribution in [0.2, 0.25) is 0 Å². The van der Waals surface area contributed by atoms with Gasteiger partial charge in [-0.2, -0.15) is 18.3 Å². The molecule has 1 N–H and O–H groups in total. The van der Waals surface area contributed by atoms with E-state index in [4.69, 9.17) is 4.52 Å². The quantitative estimate of drug-likeness (QED) is 0.452. The van der Waals surface area contributed by atoms with Crippen molar-refractivity contribution in [1.82, 2.24) is 14.9 Å². The predicted molar refractivity (Wildman–Crippen MR) is 111 cm³/mol. The number of fused-ring (bicyclic) bond motifs is 1. The van der Waals surface area contributed by atoms with Gasteiger partial charge in [-0.15, -0.1) is 0 Å². The van der Waals surface area contributed by atoms with Crippen LogP contribution >= 0.6 is 0 Å². The Morgan fingerprint density at radius 1 is 1.18 bits per heavy atom. The Labute approximate surface area is 183 Å². The van der Waals surface area contributed by atoms with Crippen LogP contribution in [0.15, 0.2) is 51.8 Å². The number of anilines is 1. The van der Waals surface area contributed by atoms with Crippen molar-refractivity contribution in [2.75, 3.05) is 5.32 Å². The van der Waals surface area contributed by atoms with E-state index in [-0.39, 0.29) is 33.8 Å². The summed E-state index contributed by atoms with van der Waals surface area (Å²) >= 11 is 0. The second-order valence-electron chi connectivity index (χ2n) is 7.35. The SMILES string of the molecule is CC(=O)Nc1cccc(-c2nn(Cc3cc(C(F)(F)F)ccc3F)c(=O)c3c(C)noc23)c1. The van der Waals surface area contributed by atoms with Crippen LogP contribution in [-0.4, -0.2) is 20.8 Å². The van der Waals surface area contributed by atoms with Crippen molar-refractivity contribution in [2.24, 2.45) is 0 Å². The van der Waals surface area contributed by atoms with E-state index in [0.29, 0.717) is 29.4 Å². The van der Waals surface area contributed by atoms with Crippen LogP contribution in [0, 0.1) is 12.7 Å². The molecule has 1 amide bonds. The molecule has 2 aromatic carbocycles. The fraction of sp³-hybridized carbons (Fsp3) is 0.182. The first-order valence-corrected chi connectivity index (χ1v) is 9.65. The molecule has 11 heteroatoms. The molecule has 0 atom stereocenters. The lowest BCUT2D eigenvalue weighted by atomic mass is 10.1. The Morgan fingerprint density at radius 2 is 1.94 bits per heavy atom. The Balaban J connectivity index is 1.88. The molecule has 7 nitrogen and oxygen atoms in total. The van der Waals surface area contributed by atoms with Crippen LogP contribution in [0.25, 0.3) is 22.2 Å². The van der Waals surface area contributed by atoms with Gasteiger partial charge >= 0.3 is 6.18 Å². The van der Waals surface area contributed by atoms with Gasteiger partial charge in [0.05, 0.1) is 17.8 Å². The number of nitrogens with one attached hydrogen (secondary N) is 1. The Bertz CT molecular complexity index is 1440. The van der Waals surface area contributed by atoms with E-state index < -0.39 is 29.7 Å². The average Bonchev–Trinajstić information content (AvgIpc) is 3.12. The summed E-state index contributed by atoms with van der Waals surface area (Å²) in [5.41, 5.74) is -0.725. The van der Waals surface area contributed by atoms with Crippen LogP contribution in [-0.2, 0) is 17.5 Å². The number of rotatable bonds is 4. The molecule has 0 bridgehead atoms. The maximum absolute atomic E-state index is 14.3. The maximum atomic E-state index is 14.3. The van der Waals surface area contributed by atoms with E-state index in [0.717, 1.165) is 4.68 Å². The maximum Gasteiger partial charge on any atom is 0.416 e. The van der Waals surface area contributed by atoms with E-state index in [1.807, 2.05) is 0 Å². The largest absolute Gasteiger partial charge is 0.416 e. The molecule has 0 spiro atoms. The summed E-state index contributed by atoms with van der Waals surface area (Å²) in [6.07, 6.45) is -4.68. The Morgan fingerprint density at radius 3 is 2.64 bits per heavy atom. The number of hydrogen-bond acceptors (Lipinski definition) is 5. The number of amides is 1. The number of alkyl halides is 3. The minimum atomic E-state index is -4.68. The summed E-state index contributed by atoms with van der Waals surface area (Å²) in [5, 5.41) is 10.7. The first-order chi connectivity index (χ1) is 15.5. The highest BCUT2D eigenvalue weighted by Crippen LogP contribution is 2.31. The first kappa shape index (κ1) is 22.2. The van der Waals surface area contributed by atoms with E-state index in [1.54, 1.807) is 24.3 Å². The number of hydrogen-bond donors (Lipinski definition) is 1. The van der Waals surface area contributed by atoms with Crippen molar-refractivity contribution in [1.29, 1.82) is 0 Å². The summed E-state index contributed by atoms with van der Waals surface area (Å²) in [7, 11) is 0. The molecule has 2 heterocycles. The number of nitrogens with zero attached hydrogens (tertiary/aromatic N) is 3. The molecule has 2 aromatic heterocycles. The summed E-state index contributed by atoms with van der Waals surface area (Å²) in [6, 6.07) is 8.48. The second-order valence-corrected chi connectivity index (χ2v) is 7.35. The molecule has 0 saturated heterocycles. The van der Waals surface area contributed by atoms with Crippen molar-refractivity contribution in [3.05, 3.63) is 75.5 Å². The van der Waals surface area contributed by atoms with Crippen molar-refractivity contribution < 1.29 is 26.9 Å². The topological polar surface area (TPSA) is 90.0 Å². The monoisotopic (exact) mass is 460 g/mol. The van der Waals surface area contributed by atoms with Crippen molar-refractivity contribution >= 4 is 22.6 Å². The smallest absolute Gasteiger partial charge is 0.353 e. The van der Waals surface area contributed by atoms with Gasteiger partial charge in [0.1, 0.15) is 16.9 Å². The standard InChI is InChI=1S/C22H16F4N4O3/c1-11-18-20(33-29-11)19(13-4-3-5-16(9-13)27-12(2)31)28-30(21(18)32)10-14-8-15(22(24,25)26)6-7-17(14)23/h3-9H,10H2,1-2H3,(H,27,31). The molecule has 33 heavy (non-hydrogen) atoms. The van der Waals surface area contributed by atoms with Gasteiger partial charge in [0.15, 0.2) is 0 Å². The van der Waals surface area contributed by atoms with E-state index >= 15 is 0 Å². The fourth-order valence-corrected chi connectivity index (χ4v) is 3.40. The molecular formula is C22H16F4N4O3. The molecule has 4 rings (SSSR count). The van der Waals surface area contributed by atoms with Gasteiger partial charge < -0.3 is 9.84 Å². The van der Waals surface area contributed by atoms with Crippen LogP contribution in [0.5, 0.6) is 0 Å². The number of halogens is 4. The Kier molecular flexibility index (Phi) is 5.48. The number of carbonyl (C=O) groups excluding carboxylic acids is 1. The number of aryl methyl sites for hydroxylation is 1. The van der Waals surface area contributed by atoms with Crippen molar-refractivity contribution in [3.8, 4) is 11.3 Å². The molecule has 0 aliphatic carbocycles. The van der Waals surface area contributed by atoms with Crippen LogP contribution in [0.3, 0.4) is 0 Å². The minimum Gasteiger partial charge on any atom is -0.353 e. The van der Waals surface area contributed by atoms with Gasteiger partial charge in [-0.3, -0.25) is 9.59 Å². The average molecular weight is 460 g/mol. The molecule has 170 valence electrons. The van der Waals surface area contributed by atoms with E-state index in [2.05, 4.69) is 15.6 Å². The molecule has 0 saturated carbocycles. The first-order valence-electron chi connectivity index (χ1n) is 9.65. The highest BCUT2D eigenvalue weighted by molar-refractivity contribution is 5.93. The fourth-order valence-electron chi connectivity index (χ4n) is 3.40. The summed E-state index contributed by atoms with van der Waals surface area (Å²) in [5.74, 6) is -1.21. The van der Waals surface area contributed by atoms with Crippen molar-refractivity contribution in [2.45, 2.75) is 26.6 Å². The molecule has 0 aliphatic rings. The lowest BCUT2D eigenvalue weighted by Crippen LogP contribution is -2.25. The summed E-state index contributed by atoms with van der Waals surface area (Å²) < 4.78 is 59.8. The molecule has 0 radical (unpaired) electrons. The van der Waals surface area contributed by atoms with E-state index in [9.17, 15) is 27.2 Å². The molecule has 0 fully saturated rings. The molecule has 4 aromatic rings. The van der Waals surface area contributed by atoms with Crippen LogP contribution < -0.4 is 10.9 Å². The lowest BCUT2D eigenvalue weighted by molar-refractivity contribution is -0.137. The van der Waals surface area contributed by atoms with Crippen LogP contribution in [0.1, 0.15) is 23.7 Å². The zero-order valence-electron chi connectivity index (χ0n) is 17.3.